The van der Waals surface area contributed by atoms with Gasteiger partial charge in [0.1, 0.15) is 29.9 Å². The average Bonchev–Trinajstić information content (AvgIpc) is 3.12. The molecule has 30 heavy (non-hydrogen) atoms. The highest BCUT2D eigenvalue weighted by Gasteiger charge is 2.43. The number of rotatable bonds is 4. The van der Waals surface area contributed by atoms with Crippen LogP contribution in [-0.2, 0) is 0 Å². The van der Waals surface area contributed by atoms with Crippen molar-refractivity contribution in [2.75, 3.05) is 5.32 Å². The number of aryl methyl sites for hydroxylation is 1. The Hall–Kier alpha value is -3.37. The lowest BCUT2D eigenvalue weighted by molar-refractivity contribution is 0.0388. The van der Waals surface area contributed by atoms with Gasteiger partial charge in [-0.3, -0.25) is 9.36 Å². The fourth-order valence-electron chi connectivity index (χ4n) is 3.36. The van der Waals surface area contributed by atoms with E-state index in [0.29, 0.717) is 23.5 Å². The minimum atomic E-state index is -1.20. The zero-order valence-corrected chi connectivity index (χ0v) is 15.9. The number of aliphatic hydroxyl groups is 2. The molecule has 1 aliphatic heterocycles. The van der Waals surface area contributed by atoms with E-state index in [2.05, 4.69) is 20.4 Å². The van der Waals surface area contributed by atoms with Gasteiger partial charge in [-0.05, 0) is 31.1 Å². The third kappa shape index (κ3) is 3.10. The van der Waals surface area contributed by atoms with Crippen LogP contribution in [0.1, 0.15) is 46.2 Å². The average molecular weight is 411 g/mol. The van der Waals surface area contributed by atoms with Gasteiger partial charge in [-0.25, -0.2) is 9.37 Å². The lowest BCUT2D eigenvalue weighted by Crippen LogP contribution is -2.25. The summed E-state index contributed by atoms with van der Waals surface area (Å²) in [5.41, 5.74) is 2.18. The van der Waals surface area contributed by atoms with Gasteiger partial charge < -0.3 is 20.1 Å². The third-order valence-electron chi connectivity index (χ3n) is 5.29. The van der Waals surface area contributed by atoms with Gasteiger partial charge in [0, 0.05) is 17.5 Å². The summed E-state index contributed by atoms with van der Waals surface area (Å²) < 4.78 is 19.8. The molecule has 3 aromatic rings. The number of alkyl halides is 1. The Morgan fingerprint density at radius 3 is 2.93 bits per heavy atom. The van der Waals surface area contributed by atoms with Crippen molar-refractivity contribution in [2.45, 2.75) is 37.6 Å². The van der Waals surface area contributed by atoms with E-state index in [-0.39, 0.29) is 23.3 Å². The predicted molar refractivity (Wildman–Crippen MR) is 103 cm³/mol. The maximum atomic E-state index is 13.2. The molecule has 1 amide bonds. The number of benzene rings is 1. The first kappa shape index (κ1) is 18.6. The summed E-state index contributed by atoms with van der Waals surface area (Å²) in [6, 6.07) is 5.31. The fraction of sp³-hybridized carbons (Fsp3) is 0.300. The minimum Gasteiger partial charge on any atom is -0.386 e. The van der Waals surface area contributed by atoms with Crippen LogP contribution >= 0.6 is 0 Å². The molecule has 0 radical (unpaired) electrons. The first-order valence-electron chi connectivity index (χ1n) is 9.44. The smallest absolute Gasteiger partial charge is 0.274 e. The van der Waals surface area contributed by atoms with Crippen LogP contribution in [0.2, 0.25) is 0 Å². The molecule has 2 aliphatic rings. The molecular formula is C20H18FN5O4. The Bertz CT molecular complexity index is 1170. The maximum absolute atomic E-state index is 13.2. The van der Waals surface area contributed by atoms with Crippen molar-refractivity contribution in [1.82, 2.24) is 19.7 Å². The van der Waals surface area contributed by atoms with Crippen molar-refractivity contribution in [3.05, 3.63) is 53.4 Å². The zero-order valence-electron chi connectivity index (χ0n) is 15.9. The number of nitrogens with one attached hydrogen (secondary N) is 1. The van der Waals surface area contributed by atoms with E-state index in [1.807, 2.05) is 13.0 Å². The second kappa shape index (κ2) is 6.85. The standard InChI is InChI=1S/C20H18FN5O4/c1-9-2-3-10(17-24-20(30-25-17)11-7-12(11)21)6-13(9)23-19(29)14-8-22-18-16(28)15(27)4-5-26(14)18/h2-6,8,11-12,15-16,27-28H,7H2,1H3,(H,23,29)/t11-,12-,15+,16+/m0/s1. The van der Waals surface area contributed by atoms with Crippen LogP contribution in [0.25, 0.3) is 17.6 Å². The van der Waals surface area contributed by atoms with Crippen molar-refractivity contribution in [1.29, 1.82) is 0 Å². The van der Waals surface area contributed by atoms with E-state index >= 15 is 0 Å². The Labute approximate surface area is 169 Å². The van der Waals surface area contributed by atoms with Crippen molar-refractivity contribution in [3.8, 4) is 11.4 Å². The second-order valence-corrected chi connectivity index (χ2v) is 7.45. The topological polar surface area (TPSA) is 126 Å². The Morgan fingerprint density at radius 2 is 2.17 bits per heavy atom. The molecule has 5 rings (SSSR count). The normalized spacial score (nSPS) is 24.5. The summed E-state index contributed by atoms with van der Waals surface area (Å²) in [4.78, 5) is 21.1. The molecule has 0 spiro atoms. The lowest BCUT2D eigenvalue weighted by atomic mass is 10.1. The number of carbonyl (C=O) groups excluding carboxylic acids is 1. The fourth-order valence-corrected chi connectivity index (χ4v) is 3.36. The number of hydrogen-bond donors (Lipinski definition) is 3. The number of amides is 1. The molecule has 154 valence electrons. The summed E-state index contributed by atoms with van der Waals surface area (Å²) in [6.45, 7) is 1.84. The minimum absolute atomic E-state index is 0.186. The van der Waals surface area contributed by atoms with Gasteiger partial charge in [-0.15, -0.1) is 0 Å². The van der Waals surface area contributed by atoms with E-state index in [1.54, 1.807) is 12.1 Å². The molecule has 3 heterocycles. The van der Waals surface area contributed by atoms with Gasteiger partial charge in [0.25, 0.3) is 5.91 Å². The van der Waals surface area contributed by atoms with Crippen molar-refractivity contribution in [3.63, 3.8) is 0 Å². The SMILES string of the molecule is Cc1ccc(-c2noc([C@H]3C[C@@H]3F)n2)cc1NC(=O)c1cnc2n1C=C[C@@H](O)[C@H]2O. The number of carbonyl (C=O) groups is 1. The summed E-state index contributed by atoms with van der Waals surface area (Å²) >= 11 is 0. The Morgan fingerprint density at radius 1 is 1.37 bits per heavy atom. The van der Waals surface area contributed by atoms with Crippen LogP contribution < -0.4 is 5.32 Å². The maximum Gasteiger partial charge on any atom is 0.274 e. The summed E-state index contributed by atoms with van der Waals surface area (Å²) in [5.74, 6) is 0.0229. The quantitative estimate of drug-likeness (QED) is 0.601. The molecule has 4 atom stereocenters. The monoisotopic (exact) mass is 411 g/mol. The summed E-state index contributed by atoms with van der Waals surface area (Å²) in [5, 5.41) is 26.5. The van der Waals surface area contributed by atoms with Crippen LogP contribution in [0.4, 0.5) is 10.1 Å². The number of aliphatic hydroxyl groups excluding tert-OH is 2. The molecule has 1 aliphatic carbocycles. The van der Waals surface area contributed by atoms with Crippen LogP contribution in [0.5, 0.6) is 0 Å². The zero-order chi connectivity index (χ0) is 21.0. The molecule has 1 aromatic carbocycles. The van der Waals surface area contributed by atoms with Crippen molar-refractivity contribution < 1.29 is 23.9 Å². The molecule has 2 aromatic heterocycles. The van der Waals surface area contributed by atoms with Crippen LogP contribution in [0.3, 0.4) is 0 Å². The highest BCUT2D eigenvalue weighted by atomic mass is 19.1. The highest BCUT2D eigenvalue weighted by molar-refractivity contribution is 6.04. The number of anilines is 1. The number of fused-ring (bicyclic) bond motifs is 1. The second-order valence-electron chi connectivity index (χ2n) is 7.45. The number of imidazole rings is 1. The van der Waals surface area contributed by atoms with Crippen LogP contribution in [0.15, 0.2) is 35.0 Å². The van der Waals surface area contributed by atoms with Gasteiger partial charge >= 0.3 is 0 Å². The number of hydrogen-bond acceptors (Lipinski definition) is 7. The lowest BCUT2D eigenvalue weighted by Gasteiger charge is -2.20. The molecule has 10 heteroatoms. The Balaban J connectivity index is 1.40. The first-order chi connectivity index (χ1) is 14.4. The van der Waals surface area contributed by atoms with E-state index < -0.39 is 24.3 Å². The van der Waals surface area contributed by atoms with Gasteiger partial charge in [-0.1, -0.05) is 17.3 Å². The van der Waals surface area contributed by atoms with Crippen LogP contribution in [-0.4, -0.2) is 48.1 Å². The molecule has 9 nitrogen and oxygen atoms in total. The van der Waals surface area contributed by atoms with Gasteiger partial charge in [0.2, 0.25) is 11.7 Å². The summed E-state index contributed by atoms with van der Waals surface area (Å²) in [7, 11) is 0. The number of aromatic nitrogens is 4. The van der Waals surface area contributed by atoms with Gasteiger partial charge in [0.15, 0.2) is 0 Å². The highest BCUT2D eigenvalue weighted by Crippen LogP contribution is 2.43. The van der Waals surface area contributed by atoms with Gasteiger partial charge in [-0.2, -0.15) is 4.98 Å². The Kier molecular flexibility index (Phi) is 4.26. The molecular weight excluding hydrogens is 393 g/mol. The van der Waals surface area contributed by atoms with Crippen molar-refractivity contribution in [2.24, 2.45) is 0 Å². The molecule has 1 fully saturated rings. The molecule has 0 bridgehead atoms. The van der Waals surface area contributed by atoms with Crippen LogP contribution in [0, 0.1) is 6.92 Å². The molecule has 1 saturated carbocycles. The third-order valence-corrected chi connectivity index (χ3v) is 5.29. The largest absolute Gasteiger partial charge is 0.386 e. The van der Waals surface area contributed by atoms with Crippen molar-refractivity contribution >= 4 is 17.8 Å². The van der Waals surface area contributed by atoms with E-state index in [4.69, 9.17) is 4.52 Å². The number of nitrogens with zero attached hydrogens (tertiary/aromatic N) is 4. The van der Waals surface area contributed by atoms with E-state index in [0.717, 1.165) is 5.56 Å². The van der Waals surface area contributed by atoms with E-state index in [9.17, 15) is 19.4 Å². The molecule has 3 N–H and O–H groups in total. The molecule has 0 saturated heterocycles. The summed E-state index contributed by atoms with van der Waals surface area (Å²) in [6.07, 6.45) is 1.41. The predicted octanol–water partition coefficient (Wildman–Crippen LogP) is 2.20. The molecule has 0 unspecified atom stereocenters. The number of halogens is 1. The van der Waals surface area contributed by atoms with E-state index in [1.165, 1.54) is 23.0 Å². The first-order valence-corrected chi connectivity index (χ1v) is 9.44. The van der Waals surface area contributed by atoms with Gasteiger partial charge in [0.05, 0.1) is 12.1 Å².